The summed E-state index contributed by atoms with van der Waals surface area (Å²) in [6.07, 6.45) is 3.66. The molecular formula is C12H20N2O2. The molecule has 4 heteroatoms. The van der Waals surface area contributed by atoms with E-state index < -0.39 is 0 Å². The minimum absolute atomic E-state index is 0.0306. The summed E-state index contributed by atoms with van der Waals surface area (Å²) in [4.78, 5) is 25.2. The Balaban J connectivity index is 1.83. The van der Waals surface area contributed by atoms with Gasteiger partial charge in [-0.15, -0.1) is 0 Å². The van der Waals surface area contributed by atoms with Gasteiger partial charge in [0, 0.05) is 24.9 Å². The van der Waals surface area contributed by atoms with Crippen molar-refractivity contribution in [3.8, 4) is 0 Å². The van der Waals surface area contributed by atoms with Crippen LogP contribution in [0.25, 0.3) is 0 Å². The second-order valence-electron chi connectivity index (χ2n) is 5.18. The van der Waals surface area contributed by atoms with Crippen molar-refractivity contribution in [3.05, 3.63) is 0 Å². The number of hydrogen-bond acceptors (Lipinski definition) is 2. The van der Waals surface area contributed by atoms with Gasteiger partial charge in [-0.25, -0.2) is 0 Å². The lowest BCUT2D eigenvalue weighted by Crippen LogP contribution is -2.43. The lowest BCUT2D eigenvalue weighted by molar-refractivity contribution is -0.129. The summed E-state index contributed by atoms with van der Waals surface area (Å²) < 4.78 is 0. The summed E-state index contributed by atoms with van der Waals surface area (Å²) in [6.45, 7) is 4.69. The van der Waals surface area contributed by atoms with Crippen LogP contribution in [0.5, 0.6) is 0 Å². The molecule has 1 aliphatic carbocycles. The molecule has 90 valence electrons. The van der Waals surface area contributed by atoms with E-state index in [-0.39, 0.29) is 29.8 Å². The number of carbonyl (C=O) groups is 2. The second kappa shape index (κ2) is 4.44. The third-order valence-corrected chi connectivity index (χ3v) is 3.60. The molecule has 4 nitrogen and oxygen atoms in total. The molecule has 2 aliphatic rings. The second-order valence-corrected chi connectivity index (χ2v) is 5.18. The Hall–Kier alpha value is -1.06. The maximum absolute atomic E-state index is 11.7. The van der Waals surface area contributed by atoms with E-state index >= 15 is 0 Å². The lowest BCUT2D eigenvalue weighted by Gasteiger charge is -2.26. The molecule has 1 saturated heterocycles. The van der Waals surface area contributed by atoms with Gasteiger partial charge < -0.3 is 10.2 Å². The van der Waals surface area contributed by atoms with Crippen molar-refractivity contribution in [2.45, 2.75) is 51.6 Å². The van der Waals surface area contributed by atoms with Crippen molar-refractivity contribution >= 4 is 11.8 Å². The zero-order valence-corrected chi connectivity index (χ0v) is 10.0. The molecule has 1 atom stereocenters. The molecule has 1 unspecified atom stereocenters. The van der Waals surface area contributed by atoms with Gasteiger partial charge in [-0.1, -0.05) is 6.42 Å². The van der Waals surface area contributed by atoms with Gasteiger partial charge in [-0.05, 0) is 26.7 Å². The molecule has 16 heavy (non-hydrogen) atoms. The van der Waals surface area contributed by atoms with E-state index in [1.165, 1.54) is 6.42 Å². The molecule has 2 amide bonds. The number of nitrogens with one attached hydrogen (secondary N) is 1. The first-order valence-corrected chi connectivity index (χ1v) is 6.17. The Morgan fingerprint density at radius 3 is 2.56 bits per heavy atom. The Morgan fingerprint density at radius 1 is 1.44 bits per heavy atom. The first-order chi connectivity index (χ1) is 7.58. The van der Waals surface area contributed by atoms with Crippen LogP contribution in [0.1, 0.15) is 39.5 Å². The highest BCUT2D eigenvalue weighted by Crippen LogP contribution is 2.26. The van der Waals surface area contributed by atoms with E-state index in [2.05, 4.69) is 5.32 Å². The van der Waals surface area contributed by atoms with Crippen LogP contribution in [-0.4, -0.2) is 35.3 Å². The SMILES string of the molecule is CC(C)N1CC(NC(=O)C2CCC2)CC1=O. The minimum Gasteiger partial charge on any atom is -0.351 e. The van der Waals surface area contributed by atoms with Crippen LogP contribution < -0.4 is 5.32 Å². The van der Waals surface area contributed by atoms with Gasteiger partial charge in [0.15, 0.2) is 0 Å². The van der Waals surface area contributed by atoms with Crippen LogP contribution in [0.3, 0.4) is 0 Å². The highest BCUT2D eigenvalue weighted by atomic mass is 16.2. The first kappa shape index (κ1) is 11.4. The molecule has 2 rings (SSSR count). The van der Waals surface area contributed by atoms with E-state index in [9.17, 15) is 9.59 Å². The Bertz CT molecular complexity index is 297. The van der Waals surface area contributed by atoms with Crippen LogP contribution in [0.4, 0.5) is 0 Å². The molecule has 1 aliphatic heterocycles. The zero-order chi connectivity index (χ0) is 11.7. The van der Waals surface area contributed by atoms with Crippen molar-refractivity contribution < 1.29 is 9.59 Å². The Kier molecular flexibility index (Phi) is 3.17. The maximum atomic E-state index is 11.7. The summed E-state index contributed by atoms with van der Waals surface area (Å²) in [5.74, 6) is 0.520. The predicted molar refractivity (Wildman–Crippen MR) is 60.7 cm³/mol. The summed E-state index contributed by atoms with van der Waals surface area (Å²) in [7, 11) is 0. The zero-order valence-electron chi connectivity index (χ0n) is 10.0. The fraction of sp³-hybridized carbons (Fsp3) is 0.833. The van der Waals surface area contributed by atoms with E-state index in [0.717, 1.165) is 12.8 Å². The molecule has 0 spiro atoms. The standard InChI is InChI=1S/C12H20N2O2/c1-8(2)14-7-10(6-11(14)15)13-12(16)9-4-3-5-9/h8-10H,3-7H2,1-2H3,(H,13,16). The van der Waals surface area contributed by atoms with Gasteiger partial charge in [0.1, 0.15) is 0 Å². The summed E-state index contributed by atoms with van der Waals surface area (Å²) >= 11 is 0. The normalized spacial score (nSPS) is 26.1. The van der Waals surface area contributed by atoms with Crippen LogP contribution in [-0.2, 0) is 9.59 Å². The lowest BCUT2D eigenvalue weighted by atomic mass is 9.84. The van der Waals surface area contributed by atoms with Crippen molar-refractivity contribution in [3.63, 3.8) is 0 Å². The van der Waals surface area contributed by atoms with E-state index in [4.69, 9.17) is 0 Å². The van der Waals surface area contributed by atoms with Gasteiger partial charge in [-0.2, -0.15) is 0 Å². The highest BCUT2D eigenvalue weighted by Gasteiger charge is 2.34. The smallest absolute Gasteiger partial charge is 0.225 e. The maximum Gasteiger partial charge on any atom is 0.225 e. The fourth-order valence-corrected chi connectivity index (χ4v) is 2.32. The number of carbonyl (C=O) groups excluding carboxylic acids is 2. The molecule has 0 aromatic carbocycles. The average Bonchev–Trinajstić information content (AvgIpc) is 2.43. The average molecular weight is 224 g/mol. The quantitative estimate of drug-likeness (QED) is 0.774. The monoisotopic (exact) mass is 224 g/mol. The Labute approximate surface area is 96.4 Å². The molecule has 0 bridgehead atoms. The third kappa shape index (κ3) is 2.20. The fourth-order valence-electron chi connectivity index (χ4n) is 2.32. The predicted octanol–water partition coefficient (Wildman–Crippen LogP) is 0.912. The molecule has 1 heterocycles. The van der Waals surface area contributed by atoms with Gasteiger partial charge in [-0.3, -0.25) is 9.59 Å². The van der Waals surface area contributed by atoms with E-state index in [1.807, 2.05) is 18.7 Å². The van der Waals surface area contributed by atoms with E-state index in [0.29, 0.717) is 13.0 Å². The summed E-state index contributed by atoms with van der Waals surface area (Å²) in [5.41, 5.74) is 0. The topological polar surface area (TPSA) is 49.4 Å². The van der Waals surface area contributed by atoms with Gasteiger partial charge in [0.25, 0.3) is 0 Å². The van der Waals surface area contributed by atoms with Crippen LogP contribution in [0.15, 0.2) is 0 Å². The number of amides is 2. The number of rotatable bonds is 3. The van der Waals surface area contributed by atoms with Crippen molar-refractivity contribution in [1.82, 2.24) is 10.2 Å². The molecule has 1 saturated carbocycles. The van der Waals surface area contributed by atoms with Crippen molar-refractivity contribution in [1.29, 1.82) is 0 Å². The van der Waals surface area contributed by atoms with Gasteiger partial charge >= 0.3 is 0 Å². The largest absolute Gasteiger partial charge is 0.351 e. The van der Waals surface area contributed by atoms with Crippen LogP contribution in [0.2, 0.25) is 0 Å². The van der Waals surface area contributed by atoms with Gasteiger partial charge in [0.05, 0.1) is 6.04 Å². The van der Waals surface area contributed by atoms with Crippen molar-refractivity contribution in [2.75, 3.05) is 6.54 Å². The third-order valence-electron chi connectivity index (χ3n) is 3.60. The molecule has 2 fully saturated rings. The number of nitrogens with zero attached hydrogens (tertiary/aromatic N) is 1. The van der Waals surface area contributed by atoms with Crippen LogP contribution in [0, 0.1) is 5.92 Å². The first-order valence-electron chi connectivity index (χ1n) is 6.17. The van der Waals surface area contributed by atoms with E-state index in [1.54, 1.807) is 0 Å². The van der Waals surface area contributed by atoms with Gasteiger partial charge in [0.2, 0.25) is 11.8 Å². The molecule has 1 N–H and O–H groups in total. The Morgan fingerprint density at radius 2 is 2.12 bits per heavy atom. The minimum atomic E-state index is 0.0306. The molecule has 0 radical (unpaired) electrons. The molecule has 0 aromatic rings. The number of hydrogen-bond donors (Lipinski definition) is 1. The van der Waals surface area contributed by atoms with Crippen LogP contribution >= 0.6 is 0 Å². The summed E-state index contributed by atoms with van der Waals surface area (Å²) in [5, 5.41) is 2.99. The highest BCUT2D eigenvalue weighted by molar-refractivity contribution is 5.83. The molecular weight excluding hydrogens is 204 g/mol. The number of likely N-dealkylation sites (tertiary alicyclic amines) is 1. The summed E-state index contributed by atoms with van der Waals surface area (Å²) in [6, 6.07) is 0.265. The molecule has 0 aromatic heterocycles. The van der Waals surface area contributed by atoms with Crippen molar-refractivity contribution in [2.24, 2.45) is 5.92 Å².